The van der Waals surface area contributed by atoms with Crippen LogP contribution in [0.2, 0.25) is 0 Å². The van der Waals surface area contributed by atoms with Crippen molar-refractivity contribution in [3.63, 3.8) is 0 Å². The Morgan fingerprint density at radius 1 is 0.972 bits per heavy atom. The van der Waals surface area contributed by atoms with Crippen LogP contribution in [0.1, 0.15) is 44.1 Å². The fourth-order valence-corrected chi connectivity index (χ4v) is 8.28. The quantitative estimate of drug-likeness (QED) is 0.611. The van der Waals surface area contributed by atoms with Gasteiger partial charge in [-0.3, -0.25) is 9.10 Å². The predicted molar refractivity (Wildman–Crippen MR) is 138 cm³/mol. The van der Waals surface area contributed by atoms with Gasteiger partial charge in [-0.05, 0) is 91.5 Å². The Hall–Kier alpha value is -2.74. The summed E-state index contributed by atoms with van der Waals surface area (Å²) < 4.78 is 38.0. The van der Waals surface area contributed by atoms with Crippen LogP contribution < -0.4 is 19.1 Å². The Bertz CT molecular complexity index is 1210. The fraction of sp³-hybridized carbons (Fsp3) is 0.536. The number of carbonyl (C=O) groups excluding carboxylic acids is 1. The van der Waals surface area contributed by atoms with Crippen molar-refractivity contribution in [2.24, 2.45) is 17.8 Å². The summed E-state index contributed by atoms with van der Waals surface area (Å²) in [6.07, 6.45) is 8.74. The summed E-state index contributed by atoms with van der Waals surface area (Å²) in [5.41, 5.74) is 2.10. The summed E-state index contributed by atoms with van der Waals surface area (Å²) in [6.45, 7) is 0.272. The second-order valence-electron chi connectivity index (χ2n) is 11.3. The number of nitrogens with zero attached hydrogens (tertiary/aromatic N) is 1. The SMILES string of the molecule is CS(=O)(=O)N(CC(=O)NCC1COc2ccccc2O1)c1ccc(C23CC4CC(CC(C4)C2)C3)cc1. The van der Waals surface area contributed by atoms with Gasteiger partial charge in [-0.15, -0.1) is 0 Å². The number of ether oxygens (including phenoxy) is 2. The molecule has 4 fully saturated rings. The van der Waals surface area contributed by atoms with Crippen LogP contribution in [0.15, 0.2) is 48.5 Å². The van der Waals surface area contributed by atoms with Crippen molar-refractivity contribution in [1.29, 1.82) is 0 Å². The van der Waals surface area contributed by atoms with Crippen LogP contribution in [0.5, 0.6) is 11.5 Å². The van der Waals surface area contributed by atoms with E-state index in [0.29, 0.717) is 23.8 Å². The predicted octanol–water partition coefficient (Wildman–Crippen LogP) is 3.88. The van der Waals surface area contributed by atoms with Crippen LogP contribution in [0.3, 0.4) is 0 Å². The van der Waals surface area contributed by atoms with Crippen molar-refractivity contribution < 1.29 is 22.7 Å². The first-order chi connectivity index (χ1) is 17.3. The molecule has 1 N–H and O–H groups in total. The first kappa shape index (κ1) is 23.6. The maximum Gasteiger partial charge on any atom is 0.240 e. The molecular formula is C28H34N2O5S. The molecule has 1 amide bonds. The third-order valence-corrected chi connectivity index (χ3v) is 9.73. The molecule has 2 aromatic rings. The van der Waals surface area contributed by atoms with Gasteiger partial charge in [0.2, 0.25) is 15.9 Å². The van der Waals surface area contributed by atoms with Gasteiger partial charge in [0.25, 0.3) is 0 Å². The lowest BCUT2D eigenvalue weighted by atomic mass is 9.48. The van der Waals surface area contributed by atoms with Crippen molar-refractivity contribution in [3.05, 3.63) is 54.1 Å². The Balaban J connectivity index is 1.11. The minimum absolute atomic E-state index is 0.232. The summed E-state index contributed by atoms with van der Waals surface area (Å²) in [5.74, 6) is 3.48. The fourth-order valence-electron chi connectivity index (χ4n) is 7.42. The van der Waals surface area contributed by atoms with Gasteiger partial charge < -0.3 is 14.8 Å². The van der Waals surface area contributed by atoms with Gasteiger partial charge in [-0.25, -0.2) is 8.42 Å². The van der Waals surface area contributed by atoms with E-state index in [-0.39, 0.29) is 30.5 Å². The lowest BCUT2D eigenvalue weighted by Crippen LogP contribution is -2.48. The maximum atomic E-state index is 12.7. The second kappa shape index (κ2) is 8.98. The molecule has 4 aliphatic carbocycles. The van der Waals surface area contributed by atoms with Crippen LogP contribution in [-0.2, 0) is 20.2 Å². The molecule has 5 aliphatic rings. The lowest BCUT2D eigenvalue weighted by Gasteiger charge is -2.57. The van der Waals surface area contributed by atoms with Crippen molar-refractivity contribution in [2.45, 2.75) is 50.0 Å². The third kappa shape index (κ3) is 4.56. The minimum atomic E-state index is -3.64. The first-order valence-corrected chi connectivity index (χ1v) is 14.9. The largest absolute Gasteiger partial charge is 0.486 e. The molecule has 0 radical (unpaired) electrons. The number of sulfonamides is 1. The number of fused-ring (bicyclic) bond motifs is 1. The number of anilines is 1. The van der Waals surface area contributed by atoms with Gasteiger partial charge in [0.1, 0.15) is 19.3 Å². The topological polar surface area (TPSA) is 84.9 Å². The van der Waals surface area contributed by atoms with Gasteiger partial charge in [-0.2, -0.15) is 0 Å². The standard InChI is InChI=1S/C28H34N2O5S/c1-36(32,33)30(17-27(31)29-16-24-18-34-25-4-2-3-5-26(25)35-24)23-8-6-22(7-9-23)28-13-19-10-20(14-28)12-21(11-19)15-28/h2-9,19-21,24H,10-18H2,1H3,(H,29,31). The smallest absolute Gasteiger partial charge is 0.240 e. The number of amides is 1. The highest BCUT2D eigenvalue weighted by molar-refractivity contribution is 7.92. The lowest BCUT2D eigenvalue weighted by molar-refractivity contribution is -0.120. The highest BCUT2D eigenvalue weighted by atomic mass is 32.2. The van der Waals surface area contributed by atoms with Gasteiger partial charge in [0.05, 0.1) is 18.5 Å². The van der Waals surface area contributed by atoms with Crippen molar-refractivity contribution in [2.75, 3.05) is 30.3 Å². The van der Waals surface area contributed by atoms with Gasteiger partial charge >= 0.3 is 0 Å². The van der Waals surface area contributed by atoms with E-state index < -0.39 is 10.0 Å². The number of carbonyl (C=O) groups is 1. The Kier molecular flexibility index (Phi) is 5.90. The summed E-state index contributed by atoms with van der Waals surface area (Å²) in [4.78, 5) is 12.7. The molecule has 7 rings (SSSR count). The number of hydrogen-bond donors (Lipinski definition) is 1. The molecule has 192 valence electrons. The summed E-state index contributed by atoms with van der Waals surface area (Å²) in [7, 11) is -3.64. The Morgan fingerprint density at radius 3 is 2.19 bits per heavy atom. The highest BCUT2D eigenvalue weighted by Gasteiger charge is 2.51. The van der Waals surface area contributed by atoms with Crippen molar-refractivity contribution in [3.8, 4) is 11.5 Å². The average molecular weight is 511 g/mol. The third-order valence-electron chi connectivity index (χ3n) is 8.59. The molecule has 36 heavy (non-hydrogen) atoms. The number of benzene rings is 2. The molecule has 7 nitrogen and oxygen atoms in total. The zero-order valence-corrected chi connectivity index (χ0v) is 21.5. The molecule has 4 saturated carbocycles. The summed E-state index contributed by atoms with van der Waals surface area (Å²) in [6, 6.07) is 15.3. The Labute approximate surface area is 213 Å². The zero-order valence-electron chi connectivity index (χ0n) is 20.7. The molecule has 0 aromatic heterocycles. The summed E-state index contributed by atoms with van der Waals surface area (Å²) >= 11 is 0. The molecule has 1 aliphatic heterocycles. The number of nitrogens with one attached hydrogen (secondary N) is 1. The molecule has 0 saturated heterocycles. The van der Waals surface area contributed by atoms with Gasteiger partial charge in [-0.1, -0.05) is 24.3 Å². The molecule has 0 spiro atoms. The van der Waals surface area contributed by atoms with E-state index >= 15 is 0 Å². The molecular weight excluding hydrogens is 476 g/mol. The molecule has 1 heterocycles. The molecule has 4 bridgehead atoms. The number of para-hydroxylation sites is 2. The maximum absolute atomic E-state index is 12.7. The molecule has 8 heteroatoms. The normalized spacial score (nSPS) is 30.1. The highest BCUT2D eigenvalue weighted by Crippen LogP contribution is 2.60. The van der Waals surface area contributed by atoms with Crippen LogP contribution in [0.25, 0.3) is 0 Å². The van der Waals surface area contributed by atoms with Crippen LogP contribution in [0.4, 0.5) is 5.69 Å². The number of hydrogen-bond acceptors (Lipinski definition) is 5. The van der Waals surface area contributed by atoms with Crippen LogP contribution >= 0.6 is 0 Å². The zero-order chi connectivity index (χ0) is 24.9. The van der Waals surface area contributed by atoms with Gasteiger partial charge in [0, 0.05) is 0 Å². The van der Waals surface area contributed by atoms with E-state index in [2.05, 4.69) is 17.4 Å². The van der Waals surface area contributed by atoms with E-state index in [1.165, 1.54) is 48.4 Å². The van der Waals surface area contributed by atoms with Crippen LogP contribution in [0, 0.1) is 17.8 Å². The molecule has 2 aromatic carbocycles. The average Bonchev–Trinajstić information content (AvgIpc) is 2.84. The monoisotopic (exact) mass is 510 g/mol. The van der Waals surface area contributed by atoms with Crippen molar-refractivity contribution in [1.82, 2.24) is 5.32 Å². The van der Waals surface area contributed by atoms with Gasteiger partial charge in [0.15, 0.2) is 11.5 Å². The minimum Gasteiger partial charge on any atom is -0.486 e. The summed E-state index contributed by atoms with van der Waals surface area (Å²) in [5, 5.41) is 2.81. The second-order valence-corrected chi connectivity index (χ2v) is 13.2. The molecule has 1 unspecified atom stereocenters. The Morgan fingerprint density at radius 2 is 1.58 bits per heavy atom. The van der Waals surface area contributed by atoms with E-state index in [1.54, 1.807) is 0 Å². The van der Waals surface area contributed by atoms with E-state index in [9.17, 15) is 13.2 Å². The van der Waals surface area contributed by atoms with Crippen LogP contribution in [-0.4, -0.2) is 46.4 Å². The van der Waals surface area contributed by atoms with E-state index in [1.807, 2.05) is 36.4 Å². The first-order valence-electron chi connectivity index (χ1n) is 13.0. The number of rotatable bonds is 7. The van der Waals surface area contributed by atoms with Crippen molar-refractivity contribution >= 4 is 21.6 Å². The van der Waals surface area contributed by atoms with E-state index in [0.717, 1.165) is 24.0 Å². The van der Waals surface area contributed by atoms with E-state index in [4.69, 9.17) is 9.47 Å². The molecule has 1 atom stereocenters.